The van der Waals surface area contributed by atoms with Gasteiger partial charge in [-0.15, -0.1) is 0 Å². The third kappa shape index (κ3) is 5.64. The highest BCUT2D eigenvalue weighted by Gasteiger charge is 2.05. The molecule has 0 aliphatic heterocycles. The number of rotatable bonds is 6. The summed E-state index contributed by atoms with van der Waals surface area (Å²) in [4.78, 5) is 22.4. The molecule has 0 atom stereocenters. The molecule has 2 aromatic rings. The molecule has 0 radical (unpaired) electrons. The second-order valence-electron chi connectivity index (χ2n) is 4.76. The summed E-state index contributed by atoms with van der Waals surface area (Å²) in [6.45, 7) is -0.0791. The van der Waals surface area contributed by atoms with Crippen LogP contribution in [0, 0.1) is 0 Å². The lowest BCUT2D eigenvalue weighted by Gasteiger charge is -2.10. The van der Waals surface area contributed by atoms with E-state index in [1.807, 2.05) is 0 Å². The normalized spacial score (nSPS) is 10.1. The van der Waals surface area contributed by atoms with Crippen molar-refractivity contribution in [2.24, 2.45) is 0 Å². The largest absolute Gasteiger partial charge is 0.481 e. The lowest BCUT2D eigenvalue weighted by molar-refractivity contribution is -0.136. The maximum atomic E-state index is 11.8. The van der Waals surface area contributed by atoms with Crippen molar-refractivity contribution in [2.75, 3.05) is 12.0 Å². The fourth-order valence-corrected chi connectivity index (χ4v) is 2.29. The summed E-state index contributed by atoms with van der Waals surface area (Å²) in [5.74, 6) is -0.508. The molecule has 24 heavy (non-hydrogen) atoms. The van der Waals surface area contributed by atoms with Crippen molar-refractivity contribution in [1.82, 2.24) is 5.32 Å². The molecule has 2 aromatic carbocycles. The fraction of sp³-hybridized carbons (Fsp3) is 0.125. The Morgan fingerprint density at radius 3 is 2.42 bits per heavy atom. The Labute approximate surface area is 148 Å². The predicted molar refractivity (Wildman–Crippen MR) is 91.9 cm³/mol. The second kappa shape index (κ2) is 8.42. The van der Waals surface area contributed by atoms with Crippen LogP contribution in [0.25, 0.3) is 0 Å². The third-order valence-corrected chi connectivity index (χ3v) is 3.45. The summed E-state index contributed by atoms with van der Waals surface area (Å²) < 4.78 is 5.34. The third-order valence-electron chi connectivity index (χ3n) is 2.92. The van der Waals surface area contributed by atoms with Crippen LogP contribution >= 0.6 is 23.2 Å². The molecule has 0 unspecified atom stereocenters. The van der Waals surface area contributed by atoms with Crippen LogP contribution in [0.3, 0.4) is 0 Å². The zero-order chi connectivity index (χ0) is 17.5. The molecule has 3 N–H and O–H groups in total. The van der Waals surface area contributed by atoms with E-state index in [9.17, 15) is 9.59 Å². The highest BCUT2D eigenvalue weighted by molar-refractivity contribution is 6.35. The van der Waals surface area contributed by atoms with E-state index in [1.165, 1.54) is 6.07 Å². The Morgan fingerprint density at radius 1 is 1.08 bits per heavy atom. The minimum absolute atomic E-state index is 0.0673. The van der Waals surface area contributed by atoms with Crippen LogP contribution in [0.4, 0.5) is 10.5 Å². The zero-order valence-electron chi connectivity index (χ0n) is 12.4. The SMILES string of the molecule is O=C(O)Cc1ccc(NC(=O)NCOc2ccc(Cl)cc2Cl)cc1. The van der Waals surface area contributed by atoms with E-state index in [1.54, 1.807) is 36.4 Å². The average Bonchev–Trinajstić information content (AvgIpc) is 2.51. The van der Waals surface area contributed by atoms with Gasteiger partial charge in [0.25, 0.3) is 0 Å². The van der Waals surface area contributed by atoms with Gasteiger partial charge in [0.05, 0.1) is 11.4 Å². The number of carboxylic acid groups (broad SMARTS) is 1. The fourth-order valence-electron chi connectivity index (χ4n) is 1.83. The number of anilines is 1. The number of carboxylic acids is 1. The van der Waals surface area contributed by atoms with Crippen LogP contribution < -0.4 is 15.4 Å². The molecule has 0 fully saturated rings. The van der Waals surface area contributed by atoms with Gasteiger partial charge in [0, 0.05) is 10.7 Å². The predicted octanol–water partition coefficient (Wildman–Crippen LogP) is 3.78. The number of amides is 2. The number of urea groups is 1. The molecule has 0 aliphatic carbocycles. The van der Waals surface area contributed by atoms with Crippen molar-refractivity contribution in [3.05, 3.63) is 58.1 Å². The molecule has 126 valence electrons. The quantitative estimate of drug-likeness (QED) is 0.677. The molecular weight excluding hydrogens is 355 g/mol. The molecule has 0 saturated heterocycles. The first-order valence-corrected chi connectivity index (χ1v) is 7.63. The van der Waals surface area contributed by atoms with Gasteiger partial charge >= 0.3 is 12.0 Å². The van der Waals surface area contributed by atoms with Crippen LogP contribution in [0.5, 0.6) is 5.75 Å². The van der Waals surface area contributed by atoms with Gasteiger partial charge in [0.2, 0.25) is 0 Å². The van der Waals surface area contributed by atoms with Crippen LogP contribution in [-0.2, 0) is 11.2 Å². The number of carbonyl (C=O) groups excluding carboxylic acids is 1. The van der Waals surface area contributed by atoms with Crippen molar-refractivity contribution in [3.8, 4) is 5.75 Å². The summed E-state index contributed by atoms with van der Waals surface area (Å²) in [5, 5.41) is 14.6. The molecule has 0 spiro atoms. The first-order chi connectivity index (χ1) is 11.4. The Morgan fingerprint density at radius 2 is 1.79 bits per heavy atom. The molecule has 0 heterocycles. The number of aliphatic carboxylic acids is 1. The summed E-state index contributed by atoms with van der Waals surface area (Å²) in [6, 6.07) is 10.8. The molecule has 8 heteroatoms. The molecule has 0 aliphatic rings. The van der Waals surface area contributed by atoms with Crippen molar-refractivity contribution >= 4 is 40.9 Å². The number of halogens is 2. The maximum absolute atomic E-state index is 11.8. The summed E-state index contributed by atoms with van der Waals surface area (Å²) in [7, 11) is 0. The Bertz CT molecular complexity index is 735. The number of hydrogen-bond acceptors (Lipinski definition) is 3. The van der Waals surface area contributed by atoms with Gasteiger partial charge in [-0.2, -0.15) is 0 Å². The number of benzene rings is 2. The van der Waals surface area contributed by atoms with E-state index >= 15 is 0 Å². The molecule has 2 rings (SSSR count). The van der Waals surface area contributed by atoms with E-state index in [2.05, 4.69) is 10.6 Å². The summed E-state index contributed by atoms with van der Waals surface area (Å²) in [6.07, 6.45) is -0.0673. The van der Waals surface area contributed by atoms with Crippen LogP contribution in [0.15, 0.2) is 42.5 Å². The van der Waals surface area contributed by atoms with Crippen molar-refractivity contribution in [2.45, 2.75) is 6.42 Å². The van der Waals surface area contributed by atoms with Crippen LogP contribution in [0.2, 0.25) is 10.0 Å². The van der Waals surface area contributed by atoms with E-state index in [0.717, 1.165) is 0 Å². The standard InChI is InChI=1S/C16H14Cl2N2O4/c17-11-3-6-14(13(18)8-11)24-9-19-16(23)20-12-4-1-10(2-5-12)7-15(21)22/h1-6,8H,7,9H2,(H,21,22)(H2,19,20,23). The average molecular weight is 369 g/mol. The number of ether oxygens (including phenoxy) is 1. The van der Waals surface area contributed by atoms with E-state index in [4.69, 9.17) is 33.0 Å². The van der Waals surface area contributed by atoms with Gasteiger partial charge in [-0.25, -0.2) is 4.79 Å². The van der Waals surface area contributed by atoms with Crippen LogP contribution in [-0.4, -0.2) is 23.8 Å². The molecule has 0 saturated carbocycles. The van der Waals surface area contributed by atoms with E-state index < -0.39 is 12.0 Å². The van der Waals surface area contributed by atoms with Gasteiger partial charge in [-0.3, -0.25) is 4.79 Å². The zero-order valence-corrected chi connectivity index (χ0v) is 13.9. The topological polar surface area (TPSA) is 87.7 Å². The smallest absolute Gasteiger partial charge is 0.321 e. The minimum Gasteiger partial charge on any atom is -0.481 e. The van der Waals surface area contributed by atoms with Crippen molar-refractivity contribution < 1.29 is 19.4 Å². The number of hydrogen-bond donors (Lipinski definition) is 3. The van der Waals surface area contributed by atoms with E-state index in [0.29, 0.717) is 27.0 Å². The summed E-state index contributed by atoms with van der Waals surface area (Å²) in [5.41, 5.74) is 1.18. The first-order valence-electron chi connectivity index (χ1n) is 6.87. The van der Waals surface area contributed by atoms with Gasteiger partial charge in [-0.1, -0.05) is 35.3 Å². The van der Waals surface area contributed by atoms with Crippen molar-refractivity contribution in [1.29, 1.82) is 0 Å². The Kier molecular flexibility index (Phi) is 6.28. The summed E-state index contributed by atoms with van der Waals surface area (Å²) >= 11 is 11.7. The van der Waals surface area contributed by atoms with Gasteiger partial charge in [0.1, 0.15) is 5.75 Å². The highest BCUT2D eigenvalue weighted by Crippen LogP contribution is 2.27. The molecular formula is C16H14Cl2N2O4. The lowest BCUT2D eigenvalue weighted by atomic mass is 10.1. The number of nitrogens with one attached hydrogen (secondary N) is 2. The maximum Gasteiger partial charge on any atom is 0.321 e. The van der Waals surface area contributed by atoms with Gasteiger partial charge in [-0.05, 0) is 35.9 Å². The Hall–Kier alpha value is -2.44. The molecule has 6 nitrogen and oxygen atoms in total. The van der Waals surface area contributed by atoms with Crippen molar-refractivity contribution in [3.63, 3.8) is 0 Å². The first kappa shape index (κ1) is 17.9. The lowest BCUT2D eigenvalue weighted by Crippen LogP contribution is -2.32. The molecule has 0 bridgehead atoms. The monoisotopic (exact) mass is 368 g/mol. The van der Waals surface area contributed by atoms with Crippen LogP contribution in [0.1, 0.15) is 5.56 Å². The van der Waals surface area contributed by atoms with Gasteiger partial charge < -0.3 is 20.5 Å². The second-order valence-corrected chi connectivity index (χ2v) is 5.61. The van der Waals surface area contributed by atoms with Gasteiger partial charge in [0.15, 0.2) is 6.73 Å². The number of carbonyl (C=O) groups is 2. The minimum atomic E-state index is -0.911. The molecule has 0 aromatic heterocycles. The highest BCUT2D eigenvalue weighted by atomic mass is 35.5. The van der Waals surface area contributed by atoms with E-state index in [-0.39, 0.29) is 13.2 Å². The Balaban J connectivity index is 1.79. The molecule has 2 amide bonds.